The van der Waals surface area contributed by atoms with Gasteiger partial charge in [-0.25, -0.2) is 4.79 Å². The predicted octanol–water partition coefficient (Wildman–Crippen LogP) is 3.26. The highest BCUT2D eigenvalue weighted by Crippen LogP contribution is 2.34. The number of furan rings is 1. The number of rotatable bonds is 6. The Hall–Kier alpha value is -2.27. The lowest BCUT2D eigenvalue weighted by Gasteiger charge is -2.18. The van der Waals surface area contributed by atoms with Crippen LogP contribution in [0.1, 0.15) is 13.8 Å². The molecule has 22 heavy (non-hydrogen) atoms. The number of hydrogen-bond acceptors (Lipinski definition) is 5. The van der Waals surface area contributed by atoms with E-state index < -0.39 is 0 Å². The number of benzene rings is 1. The number of fused-ring (bicyclic) bond motifs is 2. The van der Waals surface area contributed by atoms with E-state index in [0.717, 1.165) is 30.4 Å². The molecule has 0 saturated heterocycles. The van der Waals surface area contributed by atoms with Crippen LogP contribution in [0.25, 0.3) is 21.9 Å². The molecule has 3 aromatic rings. The zero-order chi connectivity index (χ0) is 15.5. The molecule has 0 fully saturated rings. The fourth-order valence-electron chi connectivity index (χ4n) is 2.58. The zero-order valence-electron chi connectivity index (χ0n) is 12.8. The quantitative estimate of drug-likeness (QED) is 0.654. The van der Waals surface area contributed by atoms with Gasteiger partial charge in [0.2, 0.25) is 0 Å². The summed E-state index contributed by atoms with van der Waals surface area (Å²) in [6.45, 7) is 7.66. The van der Waals surface area contributed by atoms with Crippen LogP contribution >= 0.6 is 0 Å². The van der Waals surface area contributed by atoms with Gasteiger partial charge in [0.25, 0.3) is 0 Å². The van der Waals surface area contributed by atoms with Gasteiger partial charge in [-0.15, -0.1) is 0 Å². The second-order valence-corrected chi connectivity index (χ2v) is 5.08. The molecule has 2 aromatic heterocycles. The van der Waals surface area contributed by atoms with Crippen molar-refractivity contribution in [1.82, 2.24) is 4.90 Å². The van der Waals surface area contributed by atoms with E-state index in [9.17, 15) is 4.79 Å². The van der Waals surface area contributed by atoms with Crippen molar-refractivity contribution in [2.75, 3.05) is 26.2 Å². The van der Waals surface area contributed by atoms with Gasteiger partial charge < -0.3 is 18.5 Å². The van der Waals surface area contributed by atoms with Crippen molar-refractivity contribution >= 4 is 21.9 Å². The summed E-state index contributed by atoms with van der Waals surface area (Å²) < 4.78 is 16.7. The topological polar surface area (TPSA) is 55.8 Å². The third-order valence-electron chi connectivity index (χ3n) is 3.86. The second kappa shape index (κ2) is 6.23. The SMILES string of the molecule is CCN(CC)CCOc1c2ccoc2cc2oc(=O)ccc12. The van der Waals surface area contributed by atoms with E-state index in [0.29, 0.717) is 23.5 Å². The van der Waals surface area contributed by atoms with Crippen LogP contribution in [0.2, 0.25) is 0 Å². The fourth-order valence-corrected chi connectivity index (χ4v) is 2.58. The highest BCUT2D eigenvalue weighted by atomic mass is 16.5. The van der Waals surface area contributed by atoms with E-state index in [4.69, 9.17) is 13.6 Å². The van der Waals surface area contributed by atoms with Gasteiger partial charge in [0.05, 0.1) is 17.0 Å². The lowest BCUT2D eigenvalue weighted by atomic mass is 10.1. The van der Waals surface area contributed by atoms with Crippen molar-refractivity contribution in [3.8, 4) is 5.75 Å². The number of hydrogen-bond donors (Lipinski definition) is 0. The lowest BCUT2D eigenvalue weighted by molar-refractivity contribution is 0.225. The Morgan fingerprint density at radius 3 is 2.64 bits per heavy atom. The first-order valence-electron chi connectivity index (χ1n) is 7.52. The molecule has 5 heteroatoms. The highest BCUT2D eigenvalue weighted by molar-refractivity contribution is 6.01. The van der Waals surface area contributed by atoms with E-state index >= 15 is 0 Å². The summed E-state index contributed by atoms with van der Waals surface area (Å²) in [7, 11) is 0. The van der Waals surface area contributed by atoms with E-state index in [-0.39, 0.29) is 5.63 Å². The average molecular weight is 301 g/mol. The molecule has 2 heterocycles. The number of ether oxygens (including phenoxy) is 1. The summed E-state index contributed by atoms with van der Waals surface area (Å²) in [5, 5.41) is 1.67. The van der Waals surface area contributed by atoms with Crippen molar-refractivity contribution in [3.63, 3.8) is 0 Å². The van der Waals surface area contributed by atoms with E-state index in [1.54, 1.807) is 18.4 Å². The molecule has 3 rings (SSSR count). The van der Waals surface area contributed by atoms with Crippen molar-refractivity contribution < 1.29 is 13.6 Å². The second-order valence-electron chi connectivity index (χ2n) is 5.08. The summed E-state index contributed by atoms with van der Waals surface area (Å²) in [5.74, 6) is 0.706. The average Bonchev–Trinajstić information content (AvgIpc) is 2.98. The first-order chi connectivity index (χ1) is 10.7. The molecule has 116 valence electrons. The lowest BCUT2D eigenvalue weighted by Crippen LogP contribution is -2.27. The standard InChI is InChI=1S/C17H19NO4/c1-3-18(4-2)8-10-21-17-12-5-6-16(19)22-15(12)11-14-13(17)7-9-20-14/h5-7,9,11H,3-4,8,10H2,1-2H3. The molecule has 0 unspecified atom stereocenters. The molecular formula is C17H19NO4. The Morgan fingerprint density at radius 2 is 1.86 bits per heavy atom. The van der Waals surface area contributed by atoms with Gasteiger partial charge >= 0.3 is 5.63 Å². The van der Waals surface area contributed by atoms with E-state index in [1.807, 2.05) is 6.07 Å². The summed E-state index contributed by atoms with van der Waals surface area (Å²) in [5.41, 5.74) is 0.750. The Kier molecular flexibility index (Phi) is 4.15. The molecule has 5 nitrogen and oxygen atoms in total. The molecule has 0 N–H and O–H groups in total. The van der Waals surface area contributed by atoms with Gasteiger partial charge in [-0.05, 0) is 25.2 Å². The van der Waals surface area contributed by atoms with Gasteiger partial charge in [0, 0.05) is 18.7 Å². The van der Waals surface area contributed by atoms with Crippen LogP contribution in [0, 0.1) is 0 Å². The summed E-state index contributed by atoms with van der Waals surface area (Å²) in [4.78, 5) is 13.7. The predicted molar refractivity (Wildman–Crippen MR) is 85.5 cm³/mol. The van der Waals surface area contributed by atoms with Gasteiger partial charge in [0.15, 0.2) is 0 Å². The minimum Gasteiger partial charge on any atom is -0.491 e. The third-order valence-corrected chi connectivity index (χ3v) is 3.86. The maximum absolute atomic E-state index is 11.4. The summed E-state index contributed by atoms with van der Waals surface area (Å²) in [6.07, 6.45) is 1.61. The molecule has 0 radical (unpaired) electrons. The molecule has 0 bridgehead atoms. The summed E-state index contributed by atoms with van der Waals surface area (Å²) in [6, 6.07) is 6.74. The smallest absolute Gasteiger partial charge is 0.336 e. The van der Waals surface area contributed by atoms with Gasteiger partial charge in [0.1, 0.15) is 23.5 Å². The Morgan fingerprint density at radius 1 is 1.09 bits per heavy atom. The molecule has 0 aliphatic heterocycles. The molecule has 0 spiro atoms. The molecule has 1 aromatic carbocycles. The van der Waals surface area contributed by atoms with Crippen LogP contribution in [-0.4, -0.2) is 31.1 Å². The Labute approximate surface area is 128 Å². The van der Waals surface area contributed by atoms with E-state index in [2.05, 4.69) is 18.7 Å². The van der Waals surface area contributed by atoms with Gasteiger partial charge in [-0.3, -0.25) is 0 Å². The number of nitrogens with zero attached hydrogens (tertiary/aromatic N) is 1. The molecule has 0 atom stereocenters. The van der Waals surface area contributed by atoms with Crippen LogP contribution in [0.15, 0.2) is 44.2 Å². The minimum atomic E-state index is -0.382. The monoisotopic (exact) mass is 301 g/mol. The molecular weight excluding hydrogens is 282 g/mol. The number of likely N-dealkylation sites (N-methyl/N-ethyl adjacent to an activating group) is 1. The zero-order valence-corrected chi connectivity index (χ0v) is 12.8. The Balaban J connectivity index is 1.97. The van der Waals surface area contributed by atoms with E-state index in [1.165, 1.54) is 6.07 Å². The Bertz CT molecular complexity index is 829. The van der Waals surface area contributed by atoms with Crippen molar-refractivity contribution in [2.45, 2.75) is 13.8 Å². The van der Waals surface area contributed by atoms with Crippen LogP contribution < -0.4 is 10.4 Å². The van der Waals surface area contributed by atoms with Crippen molar-refractivity contribution in [3.05, 3.63) is 40.9 Å². The molecule has 0 saturated carbocycles. The van der Waals surface area contributed by atoms with Gasteiger partial charge in [-0.2, -0.15) is 0 Å². The van der Waals surface area contributed by atoms with Gasteiger partial charge in [-0.1, -0.05) is 13.8 Å². The normalized spacial score (nSPS) is 11.6. The third kappa shape index (κ3) is 2.72. The molecule has 0 aliphatic rings. The maximum atomic E-state index is 11.4. The molecule has 0 amide bonds. The van der Waals surface area contributed by atoms with Crippen LogP contribution in [0.3, 0.4) is 0 Å². The first kappa shape index (κ1) is 14.7. The summed E-state index contributed by atoms with van der Waals surface area (Å²) >= 11 is 0. The minimum absolute atomic E-state index is 0.382. The highest BCUT2D eigenvalue weighted by Gasteiger charge is 2.13. The largest absolute Gasteiger partial charge is 0.491 e. The fraction of sp³-hybridized carbons (Fsp3) is 0.353. The van der Waals surface area contributed by atoms with Crippen LogP contribution in [0.5, 0.6) is 5.75 Å². The molecule has 0 aliphatic carbocycles. The van der Waals surface area contributed by atoms with Crippen LogP contribution in [-0.2, 0) is 0 Å². The first-order valence-corrected chi connectivity index (χ1v) is 7.52. The van der Waals surface area contributed by atoms with Crippen LogP contribution in [0.4, 0.5) is 0 Å². The van der Waals surface area contributed by atoms with Crippen molar-refractivity contribution in [2.24, 2.45) is 0 Å². The maximum Gasteiger partial charge on any atom is 0.336 e. The van der Waals surface area contributed by atoms with Crippen molar-refractivity contribution in [1.29, 1.82) is 0 Å².